The lowest BCUT2D eigenvalue weighted by Gasteiger charge is -2.15. The number of amides is 1. The average molecular weight is 304 g/mol. The van der Waals surface area contributed by atoms with Crippen molar-refractivity contribution in [2.24, 2.45) is 0 Å². The molecular formula is C16H14ClNO3. The highest BCUT2D eigenvalue weighted by Gasteiger charge is 2.22. The van der Waals surface area contributed by atoms with Gasteiger partial charge in [0, 0.05) is 10.6 Å². The molecule has 2 aromatic rings. The molecule has 0 aromatic heterocycles. The van der Waals surface area contributed by atoms with E-state index >= 15 is 0 Å². The lowest BCUT2D eigenvalue weighted by Crippen LogP contribution is -2.33. The van der Waals surface area contributed by atoms with Gasteiger partial charge in [-0.2, -0.15) is 0 Å². The lowest BCUT2D eigenvalue weighted by atomic mass is 10.1. The molecule has 4 nitrogen and oxygen atoms in total. The van der Waals surface area contributed by atoms with E-state index in [-0.39, 0.29) is 0 Å². The molecule has 1 unspecified atom stereocenters. The van der Waals surface area contributed by atoms with E-state index in [2.05, 4.69) is 5.32 Å². The molecule has 0 fully saturated rings. The molecule has 5 heteroatoms. The molecule has 2 rings (SSSR count). The fraction of sp³-hybridized carbons (Fsp3) is 0.125. The van der Waals surface area contributed by atoms with Crippen molar-refractivity contribution < 1.29 is 14.7 Å². The van der Waals surface area contributed by atoms with Crippen LogP contribution >= 0.6 is 11.6 Å². The molecule has 0 heterocycles. The normalized spacial score (nSPS) is 11.7. The standard InChI is InChI=1S/C16H14ClNO3/c1-10-7-12(9-13(17)8-10)15(19)18-14(16(20)21)11-5-3-2-4-6-11/h2-9,14H,1H3,(H,18,19)(H,20,21). The molecule has 0 spiro atoms. The number of carboxylic acid groups (broad SMARTS) is 1. The number of nitrogens with one attached hydrogen (secondary N) is 1. The second-order valence-electron chi connectivity index (χ2n) is 4.67. The fourth-order valence-corrected chi connectivity index (χ4v) is 2.30. The maximum Gasteiger partial charge on any atom is 0.330 e. The quantitative estimate of drug-likeness (QED) is 0.911. The van der Waals surface area contributed by atoms with Crippen LogP contribution in [0.25, 0.3) is 0 Å². The van der Waals surface area contributed by atoms with Gasteiger partial charge >= 0.3 is 5.97 Å². The van der Waals surface area contributed by atoms with Crippen molar-refractivity contribution >= 4 is 23.5 Å². The predicted octanol–water partition coefficient (Wildman–Crippen LogP) is 3.20. The Morgan fingerprint density at radius 3 is 2.38 bits per heavy atom. The van der Waals surface area contributed by atoms with Crippen molar-refractivity contribution in [3.05, 3.63) is 70.2 Å². The molecule has 1 amide bonds. The van der Waals surface area contributed by atoms with E-state index in [0.717, 1.165) is 5.56 Å². The van der Waals surface area contributed by atoms with Gasteiger partial charge in [0.15, 0.2) is 6.04 Å². The summed E-state index contributed by atoms with van der Waals surface area (Å²) in [6, 6.07) is 12.3. The molecule has 0 bridgehead atoms. The number of rotatable bonds is 4. The van der Waals surface area contributed by atoms with Gasteiger partial charge < -0.3 is 10.4 Å². The van der Waals surface area contributed by atoms with Gasteiger partial charge in [-0.1, -0.05) is 41.9 Å². The first-order valence-electron chi connectivity index (χ1n) is 6.33. The Morgan fingerprint density at radius 2 is 1.81 bits per heavy atom. The van der Waals surface area contributed by atoms with Crippen LogP contribution in [0.1, 0.15) is 27.5 Å². The number of hydrogen-bond acceptors (Lipinski definition) is 2. The Hall–Kier alpha value is -2.33. The van der Waals surface area contributed by atoms with Crippen LogP contribution in [0.5, 0.6) is 0 Å². The van der Waals surface area contributed by atoms with Crippen LogP contribution in [0.15, 0.2) is 48.5 Å². The summed E-state index contributed by atoms with van der Waals surface area (Å²) in [5, 5.41) is 12.2. The fourth-order valence-electron chi connectivity index (χ4n) is 2.01. The van der Waals surface area contributed by atoms with Crippen molar-refractivity contribution in [2.45, 2.75) is 13.0 Å². The van der Waals surface area contributed by atoms with Crippen molar-refractivity contribution in [1.82, 2.24) is 5.32 Å². The van der Waals surface area contributed by atoms with E-state index in [1.165, 1.54) is 6.07 Å². The Bertz CT molecular complexity index is 650. The number of aryl methyl sites for hydroxylation is 1. The third-order valence-electron chi connectivity index (χ3n) is 2.96. The summed E-state index contributed by atoms with van der Waals surface area (Å²) in [5.74, 6) is -1.59. The molecule has 0 radical (unpaired) electrons. The summed E-state index contributed by atoms with van der Waals surface area (Å²) < 4.78 is 0. The van der Waals surface area contributed by atoms with E-state index < -0.39 is 17.9 Å². The summed E-state index contributed by atoms with van der Waals surface area (Å²) in [6.45, 7) is 1.81. The predicted molar refractivity (Wildman–Crippen MR) is 80.5 cm³/mol. The first-order valence-corrected chi connectivity index (χ1v) is 6.71. The summed E-state index contributed by atoms with van der Waals surface area (Å²) in [6.07, 6.45) is 0. The Labute approximate surface area is 127 Å². The third-order valence-corrected chi connectivity index (χ3v) is 3.18. The minimum atomic E-state index is -1.12. The topological polar surface area (TPSA) is 66.4 Å². The first-order chi connectivity index (χ1) is 9.97. The number of carboxylic acids is 1. The van der Waals surface area contributed by atoms with Crippen molar-refractivity contribution in [1.29, 1.82) is 0 Å². The van der Waals surface area contributed by atoms with Crippen molar-refractivity contribution in [3.8, 4) is 0 Å². The number of carbonyl (C=O) groups excluding carboxylic acids is 1. The Kier molecular flexibility index (Phi) is 4.60. The largest absolute Gasteiger partial charge is 0.479 e. The minimum absolute atomic E-state index is 0.335. The SMILES string of the molecule is Cc1cc(Cl)cc(C(=O)NC(C(=O)O)c2ccccc2)c1. The van der Waals surface area contributed by atoms with E-state index in [4.69, 9.17) is 11.6 Å². The van der Waals surface area contributed by atoms with Crippen LogP contribution in [0, 0.1) is 6.92 Å². The molecule has 0 saturated carbocycles. The van der Waals surface area contributed by atoms with Gasteiger partial charge in [-0.15, -0.1) is 0 Å². The molecule has 0 aliphatic heterocycles. The molecule has 0 aliphatic carbocycles. The second kappa shape index (κ2) is 6.41. The first kappa shape index (κ1) is 15.1. The van der Waals surface area contributed by atoms with Crippen LogP contribution in [0.4, 0.5) is 0 Å². The lowest BCUT2D eigenvalue weighted by molar-refractivity contribution is -0.139. The average Bonchev–Trinajstić information content (AvgIpc) is 2.44. The number of hydrogen-bond donors (Lipinski definition) is 2. The number of carbonyl (C=O) groups is 2. The van der Waals surface area contributed by atoms with E-state index in [9.17, 15) is 14.7 Å². The van der Waals surface area contributed by atoms with Crippen molar-refractivity contribution in [2.75, 3.05) is 0 Å². The summed E-state index contributed by atoms with van der Waals surface area (Å²) in [7, 11) is 0. The van der Waals surface area contributed by atoms with Gasteiger partial charge in [-0.05, 0) is 36.2 Å². The number of benzene rings is 2. The smallest absolute Gasteiger partial charge is 0.330 e. The second-order valence-corrected chi connectivity index (χ2v) is 5.11. The maximum atomic E-state index is 12.2. The number of aliphatic carboxylic acids is 1. The highest BCUT2D eigenvalue weighted by atomic mass is 35.5. The van der Waals surface area contributed by atoms with Crippen LogP contribution < -0.4 is 5.32 Å². The van der Waals surface area contributed by atoms with Crippen LogP contribution in [0.3, 0.4) is 0 Å². The molecule has 0 aliphatic rings. The van der Waals surface area contributed by atoms with Crippen LogP contribution in [-0.2, 0) is 4.79 Å². The highest BCUT2D eigenvalue weighted by molar-refractivity contribution is 6.31. The van der Waals surface area contributed by atoms with E-state index in [1.54, 1.807) is 42.5 Å². The zero-order valence-corrected chi connectivity index (χ0v) is 12.1. The molecule has 0 saturated heterocycles. The zero-order valence-electron chi connectivity index (χ0n) is 11.3. The van der Waals surface area contributed by atoms with E-state index in [1.807, 2.05) is 6.92 Å². The van der Waals surface area contributed by atoms with Gasteiger partial charge in [0.1, 0.15) is 0 Å². The monoisotopic (exact) mass is 303 g/mol. The summed E-state index contributed by atoms with van der Waals surface area (Å²) in [4.78, 5) is 23.6. The molecule has 1 atom stereocenters. The van der Waals surface area contributed by atoms with Gasteiger partial charge in [0.05, 0.1) is 0 Å². The maximum absolute atomic E-state index is 12.2. The summed E-state index contributed by atoms with van der Waals surface area (Å²) in [5.41, 5.74) is 1.68. The third kappa shape index (κ3) is 3.83. The molecule has 2 N–H and O–H groups in total. The van der Waals surface area contributed by atoms with Crippen molar-refractivity contribution in [3.63, 3.8) is 0 Å². The number of halogens is 1. The van der Waals surface area contributed by atoms with E-state index in [0.29, 0.717) is 16.1 Å². The molecular weight excluding hydrogens is 290 g/mol. The van der Waals surface area contributed by atoms with Gasteiger partial charge in [0.2, 0.25) is 0 Å². The zero-order chi connectivity index (χ0) is 15.4. The van der Waals surface area contributed by atoms with Crippen LogP contribution in [0.2, 0.25) is 5.02 Å². The Balaban J connectivity index is 2.25. The molecule has 108 valence electrons. The molecule has 2 aromatic carbocycles. The minimum Gasteiger partial charge on any atom is -0.479 e. The van der Waals surface area contributed by atoms with Gasteiger partial charge in [-0.3, -0.25) is 4.79 Å². The van der Waals surface area contributed by atoms with Gasteiger partial charge in [0.25, 0.3) is 5.91 Å². The van der Waals surface area contributed by atoms with Crippen LogP contribution in [-0.4, -0.2) is 17.0 Å². The highest BCUT2D eigenvalue weighted by Crippen LogP contribution is 2.17. The molecule has 21 heavy (non-hydrogen) atoms. The summed E-state index contributed by atoms with van der Waals surface area (Å²) >= 11 is 5.91. The Morgan fingerprint density at radius 1 is 1.14 bits per heavy atom. The van der Waals surface area contributed by atoms with Gasteiger partial charge in [-0.25, -0.2) is 4.79 Å².